The predicted molar refractivity (Wildman–Crippen MR) is 67.5 cm³/mol. The summed E-state index contributed by atoms with van der Waals surface area (Å²) in [6, 6.07) is 5.51. The topological polar surface area (TPSA) is 61.2 Å². The van der Waals surface area contributed by atoms with Crippen LogP contribution in [0, 0.1) is 0 Å². The first-order chi connectivity index (χ1) is 9.59. The van der Waals surface area contributed by atoms with Crippen LogP contribution in [0.15, 0.2) is 35.2 Å². The van der Waals surface area contributed by atoms with Gasteiger partial charge in [0.2, 0.25) is 5.88 Å². The van der Waals surface area contributed by atoms with Crippen LogP contribution < -0.4 is 4.18 Å². The lowest BCUT2D eigenvalue weighted by molar-refractivity contribution is -0.141. The van der Waals surface area contributed by atoms with Crippen LogP contribution in [-0.2, 0) is 23.3 Å². The molecule has 0 spiro atoms. The van der Waals surface area contributed by atoms with Crippen molar-refractivity contribution in [3.8, 4) is 5.88 Å². The number of nitrogens with zero attached hydrogens (tertiary/aromatic N) is 2. The Bertz CT molecular complexity index is 754. The molecule has 2 rings (SSSR count). The molecule has 0 aliphatic heterocycles. The lowest BCUT2D eigenvalue weighted by Gasteiger charge is -2.06. The van der Waals surface area contributed by atoms with Crippen molar-refractivity contribution >= 4 is 21.7 Å². The van der Waals surface area contributed by atoms with E-state index in [2.05, 4.69) is 9.28 Å². The van der Waals surface area contributed by atoms with E-state index in [-0.39, 0.29) is 4.90 Å². The van der Waals surface area contributed by atoms with Crippen LogP contribution in [0.25, 0.3) is 0 Å². The van der Waals surface area contributed by atoms with Gasteiger partial charge in [0.25, 0.3) is 0 Å². The molecule has 0 aliphatic rings. The third-order valence-electron chi connectivity index (χ3n) is 2.42. The van der Waals surface area contributed by atoms with Crippen LogP contribution >= 0.6 is 11.6 Å². The summed E-state index contributed by atoms with van der Waals surface area (Å²) in [6.45, 7) is 0. The van der Waals surface area contributed by atoms with Crippen molar-refractivity contribution in [1.29, 1.82) is 0 Å². The van der Waals surface area contributed by atoms with Gasteiger partial charge >= 0.3 is 16.3 Å². The van der Waals surface area contributed by atoms with Crippen LogP contribution in [-0.4, -0.2) is 18.2 Å². The minimum absolute atomic E-state index is 0.235. The zero-order valence-corrected chi connectivity index (χ0v) is 12.0. The number of benzene rings is 1. The third-order valence-corrected chi connectivity index (χ3v) is 3.92. The molecule has 10 heteroatoms. The summed E-state index contributed by atoms with van der Waals surface area (Å²) in [7, 11) is -3.13. The van der Waals surface area contributed by atoms with Gasteiger partial charge in [-0.25, -0.2) is 4.68 Å². The van der Waals surface area contributed by atoms with E-state index in [0.717, 1.165) is 7.05 Å². The van der Waals surface area contributed by atoms with Crippen molar-refractivity contribution in [2.24, 2.45) is 7.05 Å². The summed E-state index contributed by atoms with van der Waals surface area (Å²) in [5.41, 5.74) is -1.24. The molecule has 0 fully saturated rings. The van der Waals surface area contributed by atoms with Gasteiger partial charge in [-0.15, -0.1) is 0 Å². The molecule has 0 N–H and O–H groups in total. The lowest BCUT2D eigenvalue weighted by Crippen LogP contribution is -2.11. The zero-order chi connectivity index (χ0) is 15.8. The van der Waals surface area contributed by atoms with Crippen LogP contribution in [0.1, 0.15) is 5.69 Å². The molecular formula is C11H8ClF3N2O3S. The van der Waals surface area contributed by atoms with E-state index in [1.54, 1.807) is 0 Å². The summed E-state index contributed by atoms with van der Waals surface area (Å²) < 4.78 is 66.7. The monoisotopic (exact) mass is 340 g/mol. The molecule has 21 heavy (non-hydrogen) atoms. The zero-order valence-electron chi connectivity index (χ0n) is 10.4. The number of aromatic nitrogens is 2. The summed E-state index contributed by atoms with van der Waals surface area (Å²) >= 11 is 5.63. The predicted octanol–water partition coefficient (Wildman–Crippen LogP) is 2.86. The molecule has 0 saturated heterocycles. The van der Waals surface area contributed by atoms with Crippen LogP contribution in [0.2, 0.25) is 5.02 Å². The van der Waals surface area contributed by atoms with Gasteiger partial charge in [0.15, 0.2) is 5.69 Å². The van der Waals surface area contributed by atoms with E-state index < -0.39 is 27.9 Å². The Kier molecular flexibility index (Phi) is 3.89. The van der Waals surface area contributed by atoms with E-state index in [0.29, 0.717) is 15.8 Å². The fraction of sp³-hybridized carbons (Fsp3) is 0.182. The quantitative estimate of drug-likeness (QED) is 0.806. The summed E-state index contributed by atoms with van der Waals surface area (Å²) in [5, 5.41) is 3.47. The second-order valence-corrected chi connectivity index (χ2v) is 5.96. The standard InChI is InChI=1S/C11H8ClF3N2O3S/c1-17-10(6-9(16-17)11(13,14)15)20-21(18,19)8-4-2-7(12)3-5-8/h2-6H,1H3. The highest BCUT2D eigenvalue weighted by molar-refractivity contribution is 7.87. The fourth-order valence-electron chi connectivity index (χ4n) is 1.43. The smallest absolute Gasteiger partial charge is 0.358 e. The first kappa shape index (κ1) is 15.6. The highest BCUT2D eigenvalue weighted by atomic mass is 35.5. The fourth-order valence-corrected chi connectivity index (χ4v) is 2.50. The van der Waals surface area contributed by atoms with E-state index in [1.807, 2.05) is 0 Å². The van der Waals surface area contributed by atoms with Crippen LogP contribution in [0.3, 0.4) is 0 Å². The van der Waals surface area contributed by atoms with E-state index in [1.165, 1.54) is 24.3 Å². The van der Waals surface area contributed by atoms with Crippen molar-refractivity contribution in [2.45, 2.75) is 11.1 Å². The maximum atomic E-state index is 12.5. The second-order valence-electron chi connectivity index (χ2n) is 3.98. The Morgan fingerprint density at radius 1 is 1.24 bits per heavy atom. The number of rotatable bonds is 3. The first-order valence-corrected chi connectivity index (χ1v) is 7.19. The molecule has 5 nitrogen and oxygen atoms in total. The maximum Gasteiger partial charge on any atom is 0.435 e. The van der Waals surface area contributed by atoms with Crippen LogP contribution in [0.5, 0.6) is 5.88 Å². The molecule has 0 saturated carbocycles. The van der Waals surface area contributed by atoms with Crippen molar-refractivity contribution in [2.75, 3.05) is 0 Å². The Labute approximate surface area is 123 Å². The molecule has 1 aromatic heterocycles. The third kappa shape index (κ3) is 3.48. The Morgan fingerprint density at radius 2 is 1.81 bits per heavy atom. The number of alkyl halides is 3. The van der Waals surface area contributed by atoms with Gasteiger partial charge in [0.05, 0.1) is 0 Å². The van der Waals surface area contributed by atoms with Crippen LogP contribution in [0.4, 0.5) is 13.2 Å². The Balaban J connectivity index is 2.33. The van der Waals surface area contributed by atoms with Crippen molar-refractivity contribution in [3.05, 3.63) is 41.0 Å². The average Bonchev–Trinajstić information content (AvgIpc) is 2.71. The normalized spacial score (nSPS) is 12.4. The van der Waals surface area contributed by atoms with Crippen molar-refractivity contribution in [3.63, 3.8) is 0 Å². The van der Waals surface area contributed by atoms with E-state index in [9.17, 15) is 21.6 Å². The van der Waals surface area contributed by atoms with Gasteiger partial charge in [-0.2, -0.15) is 26.7 Å². The molecule has 1 aromatic carbocycles. The minimum atomic E-state index is -4.69. The molecule has 2 aromatic rings. The molecule has 0 radical (unpaired) electrons. The van der Waals surface area contributed by atoms with Crippen molar-refractivity contribution < 1.29 is 25.8 Å². The number of hydrogen-bond donors (Lipinski definition) is 0. The average molecular weight is 341 g/mol. The summed E-state index contributed by atoms with van der Waals surface area (Å²) in [6.07, 6.45) is -4.69. The molecule has 0 bridgehead atoms. The van der Waals surface area contributed by atoms with E-state index in [4.69, 9.17) is 11.6 Å². The number of aryl methyl sites for hydroxylation is 1. The molecule has 0 atom stereocenters. The summed E-state index contributed by atoms with van der Waals surface area (Å²) in [5.74, 6) is -0.544. The van der Waals surface area contributed by atoms with Gasteiger partial charge in [-0.05, 0) is 24.3 Å². The van der Waals surface area contributed by atoms with Gasteiger partial charge in [-0.1, -0.05) is 11.6 Å². The second kappa shape index (κ2) is 5.23. The molecule has 0 unspecified atom stereocenters. The first-order valence-electron chi connectivity index (χ1n) is 5.41. The number of hydrogen-bond acceptors (Lipinski definition) is 4. The van der Waals surface area contributed by atoms with Crippen molar-refractivity contribution in [1.82, 2.24) is 9.78 Å². The largest absolute Gasteiger partial charge is 0.435 e. The molecular weight excluding hydrogens is 333 g/mol. The number of halogens is 4. The molecule has 114 valence electrons. The Morgan fingerprint density at radius 3 is 2.29 bits per heavy atom. The molecule has 0 amide bonds. The SMILES string of the molecule is Cn1nc(C(F)(F)F)cc1OS(=O)(=O)c1ccc(Cl)cc1. The Hall–Kier alpha value is -1.74. The van der Waals surface area contributed by atoms with Gasteiger partial charge in [0.1, 0.15) is 4.90 Å². The highest BCUT2D eigenvalue weighted by Crippen LogP contribution is 2.31. The maximum absolute atomic E-state index is 12.5. The van der Waals surface area contributed by atoms with Gasteiger partial charge in [0, 0.05) is 18.1 Å². The van der Waals surface area contributed by atoms with Gasteiger partial charge < -0.3 is 4.18 Å². The molecule has 1 heterocycles. The van der Waals surface area contributed by atoms with Gasteiger partial charge in [-0.3, -0.25) is 0 Å². The highest BCUT2D eigenvalue weighted by Gasteiger charge is 2.35. The molecule has 0 aliphatic carbocycles. The summed E-state index contributed by atoms with van der Waals surface area (Å²) in [4.78, 5) is -0.235. The van der Waals surface area contributed by atoms with E-state index >= 15 is 0 Å². The lowest BCUT2D eigenvalue weighted by atomic mass is 10.4. The minimum Gasteiger partial charge on any atom is -0.358 e.